The van der Waals surface area contributed by atoms with Gasteiger partial charge in [0.15, 0.2) is 5.75 Å². The van der Waals surface area contributed by atoms with Gasteiger partial charge in [0.1, 0.15) is 5.69 Å². The molecule has 0 amide bonds. The van der Waals surface area contributed by atoms with Gasteiger partial charge in [-0.2, -0.15) is 12.8 Å². The van der Waals surface area contributed by atoms with Crippen LogP contribution < -0.4 is 15.2 Å². The Balaban J connectivity index is 2.42. The lowest BCUT2D eigenvalue weighted by Gasteiger charge is -2.10. The molecule has 26 heavy (non-hydrogen) atoms. The molecule has 0 aliphatic heterocycles. The van der Waals surface area contributed by atoms with Gasteiger partial charge >= 0.3 is 16.1 Å². The molecule has 0 aromatic heterocycles. The highest BCUT2D eigenvalue weighted by molar-refractivity contribution is 7.81. The zero-order valence-corrected chi connectivity index (χ0v) is 13.3. The van der Waals surface area contributed by atoms with E-state index in [1.807, 2.05) is 0 Å². The van der Waals surface area contributed by atoms with Gasteiger partial charge in [-0.15, -0.1) is 0 Å². The smallest absolute Gasteiger partial charge is 0.396 e. The number of halogens is 1. The number of nitro groups is 2. The van der Waals surface area contributed by atoms with E-state index in [2.05, 4.69) is 9.50 Å². The zero-order chi connectivity index (χ0) is 19.6. The van der Waals surface area contributed by atoms with Crippen LogP contribution in [0.15, 0.2) is 30.3 Å². The van der Waals surface area contributed by atoms with Crippen molar-refractivity contribution in [2.45, 2.75) is 0 Å². The predicted octanol–water partition coefficient (Wildman–Crippen LogP) is 2.15. The second-order valence-corrected chi connectivity index (χ2v) is 5.75. The molecule has 0 heterocycles. The molecule has 0 aliphatic carbocycles. The fourth-order valence-corrected chi connectivity index (χ4v) is 2.29. The number of nitrogens with zero attached hydrogens (tertiary/aromatic N) is 2. The van der Waals surface area contributed by atoms with E-state index in [4.69, 9.17) is 10.3 Å². The fraction of sp³-hybridized carbons (Fsp3) is 0. The van der Waals surface area contributed by atoms with Crippen molar-refractivity contribution in [2.24, 2.45) is 0 Å². The third kappa shape index (κ3) is 4.31. The molecule has 2 aromatic carbocycles. The lowest BCUT2D eigenvalue weighted by molar-refractivity contribution is -0.395. The summed E-state index contributed by atoms with van der Waals surface area (Å²) < 4.78 is 47.9. The highest BCUT2D eigenvalue weighted by Crippen LogP contribution is 2.35. The van der Waals surface area contributed by atoms with E-state index < -0.39 is 48.9 Å². The van der Waals surface area contributed by atoms with Crippen molar-refractivity contribution in [3.05, 3.63) is 56.4 Å². The molecule has 0 unspecified atom stereocenters. The largest absolute Gasteiger partial charge is 0.446 e. The standard InChI is InChI=1S/C12H9FN4O8S/c13-7-4-9(11(17(20)21)5-10(7)16(18)19)15-6-1-2-12(8(14)3-6)25-26(22,23)24/h1-5,15H,14H2,(H,22,23,24). The van der Waals surface area contributed by atoms with Crippen LogP contribution in [0.2, 0.25) is 0 Å². The molecule has 0 radical (unpaired) electrons. The molecule has 0 saturated heterocycles. The first-order valence-electron chi connectivity index (χ1n) is 6.43. The zero-order valence-electron chi connectivity index (χ0n) is 12.4. The molecule has 0 saturated carbocycles. The maximum Gasteiger partial charge on any atom is 0.446 e. The second-order valence-electron chi connectivity index (χ2n) is 4.72. The van der Waals surface area contributed by atoms with Crippen LogP contribution in [-0.4, -0.2) is 22.8 Å². The van der Waals surface area contributed by atoms with Crippen LogP contribution in [-0.2, 0) is 10.4 Å². The Morgan fingerprint density at radius 1 is 1.12 bits per heavy atom. The Hall–Kier alpha value is -3.52. The van der Waals surface area contributed by atoms with Gasteiger partial charge in [0.2, 0.25) is 5.82 Å². The molecule has 14 heteroatoms. The maximum atomic E-state index is 13.7. The van der Waals surface area contributed by atoms with Crippen LogP contribution in [0, 0.1) is 26.0 Å². The van der Waals surface area contributed by atoms with Crippen LogP contribution in [0.3, 0.4) is 0 Å². The van der Waals surface area contributed by atoms with E-state index in [9.17, 15) is 33.0 Å². The Kier molecular flexibility index (Phi) is 4.90. The van der Waals surface area contributed by atoms with E-state index in [1.54, 1.807) is 0 Å². The van der Waals surface area contributed by atoms with Gasteiger partial charge in [-0.25, -0.2) is 0 Å². The maximum absolute atomic E-state index is 13.7. The first-order chi connectivity index (χ1) is 12.0. The predicted molar refractivity (Wildman–Crippen MR) is 86.0 cm³/mol. The molecule has 4 N–H and O–H groups in total. The number of benzene rings is 2. The number of nitro benzene ring substituents is 2. The number of hydrogen-bond acceptors (Lipinski definition) is 9. The summed E-state index contributed by atoms with van der Waals surface area (Å²) in [7, 11) is -4.81. The molecule has 138 valence electrons. The van der Waals surface area contributed by atoms with Gasteiger partial charge in [-0.05, 0) is 18.2 Å². The molecular formula is C12H9FN4O8S. The van der Waals surface area contributed by atoms with Crippen molar-refractivity contribution in [3.63, 3.8) is 0 Å². The molecule has 2 aromatic rings. The Bertz CT molecular complexity index is 1010. The number of hydrogen-bond donors (Lipinski definition) is 3. The van der Waals surface area contributed by atoms with Crippen LogP contribution in [0.4, 0.5) is 32.8 Å². The van der Waals surface area contributed by atoms with Crippen LogP contribution >= 0.6 is 0 Å². The van der Waals surface area contributed by atoms with Gasteiger partial charge in [0.25, 0.3) is 5.69 Å². The van der Waals surface area contributed by atoms with Crippen molar-refractivity contribution in [1.82, 2.24) is 0 Å². The number of rotatable bonds is 6. The average Bonchev–Trinajstić information content (AvgIpc) is 2.48. The van der Waals surface area contributed by atoms with Gasteiger partial charge in [0.05, 0.1) is 21.6 Å². The first-order valence-corrected chi connectivity index (χ1v) is 7.80. The fourth-order valence-electron chi connectivity index (χ4n) is 1.91. The SMILES string of the molecule is Nc1cc(Nc2cc(F)c([N+](=O)[O-])cc2[N+](=O)[O-])ccc1OS(=O)(=O)O. The van der Waals surface area contributed by atoms with Gasteiger partial charge in [-0.1, -0.05) is 0 Å². The lowest BCUT2D eigenvalue weighted by Crippen LogP contribution is -2.08. The van der Waals surface area contributed by atoms with Crippen LogP contribution in [0.5, 0.6) is 5.75 Å². The van der Waals surface area contributed by atoms with Crippen molar-refractivity contribution in [1.29, 1.82) is 0 Å². The molecule has 2 rings (SSSR count). The lowest BCUT2D eigenvalue weighted by atomic mass is 10.2. The van der Waals surface area contributed by atoms with E-state index in [0.29, 0.717) is 12.1 Å². The molecule has 0 fully saturated rings. The third-order valence-corrected chi connectivity index (χ3v) is 3.33. The topological polar surface area (TPSA) is 188 Å². The molecule has 0 aliphatic rings. The quantitative estimate of drug-likeness (QED) is 0.286. The van der Waals surface area contributed by atoms with Gasteiger partial charge in [-0.3, -0.25) is 24.8 Å². The minimum Gasteiger partial charge on any atom is -0.396 e. The van der Waals surface area contributed by atoms with Crippen LogP contribution in [0.1, 0.15) is 0 Å². The number of anilines is 3. The summed E-state index contributed by atoms with van der Waals surface area (Å²) in [5.41, 5.74) is 3.09. The molecule has 0 spiro atoms. The summed E-state index contributed by atoms with van der Waals surface area (Å²) in [4.78, 5) is 19.7. The third-order valence-electron chi connectivity index (χ3n) is 2.94. The average molecular weight is 388 g/mol. The summed E-state index contributed by atoms with van der Waals surface area (Å²) in [6, 6.07) is 4.30. The van der Waals surface area contributed by atoms with Crippen molar-refractivity contribution < 1.29 is 31.4 Å². The summed E-state index contributed by atoms with van der Waals surface area (Å²) in [5, 5.41) is 24.2. The molecule has 12 nitrogen and oxygen atoms in total. The van der Waals surface area contributed by atoms with Crippen molar-refractivity contribution in [3.8, 4) is 5.75 Å². The van der Waals surface area contributed by atoms with E-state index in [0.717, 1.165) is 12.1 Å². The molecular weight excluding hydrogens is 379 g/mol. The highest BCUT2D eigenvalue weighted by Gasteiger charge is 2.25. The van der Waals surface area contributed by atoms with Crippen LogP contribution in [0.25, 0.3) is 0 Å². The summed E-state index contributed by atoms with van der Waals surface area (Å²) in [6.45, 7) is 0. The molecule has 0 bridgehead atoms. The first kappa shape index (κ1) is 18.8. The monoisotopic (exact) mass is 388 g/mol. The number of nitrogens with two attached hydrogens (primary N) is 1. The molecule has 0 atom stereocenters. The number of nitrogen functional groups attached to an aromatic ring is 1. The van der Waals surface area contributed by atoms with E-state index in [-0.39, 0.29) is 11.4 Å². The Morgan fingerprint density at radius 2 is 1.73 bits per heavy atom. The van der Waals surface area contributed by atoms with Gasteiger partial charge in [0, 0.05) is 11.8 Å². The Labute approximate surface area is 144 Å². The Morgan fingerprint density at radius 3 is 2.23 bits per heavy atom. The number of nitrogens with one attached hydrogen (secondary N) is 1. The van der Waals surface area contributed by atoms with E-state index >= 15 is 0 Å². The minimum absolute atomic E-state index is 0.0570. The highest BCUT2D eigenvalue weighted by atomic mass is 32.3. The summed E-state index contributed by atoms with van der Waals surface area (Å²) >= 11 is 0. The summed E-state index contributed by atoms with van der Waals surface area (Å²) in [6.07, 6.45) is 0. The second kappa shape index (κ2) is 6.77. The van der Waals surface area contributed by atoms with Gasteiger partial charge < -0.3 is 15.2 Å². The van der Waals surface area contributed by atoms with Crippen molar-refractivity contribution in [2.75, 3.05) is 11.1 Å². The summed E-state index contributed by atoms with van der Waals surface area (Å²) in [5.74, 6) is -1.72. The minimum atomic E-state index is -4.81. The normalized spacial score (nSPS) is 11.0. The van der Waals surface area contributed by atoms with E-state index in [1.165, 1.54) is 6.07 Å². The van der Waals surface area contributed by atoms with Crippen molar-refractivity contribution >= 4 is 38.8 Å².